The fraction of sp³-hybridized carbons (Fsp3) is 0.571. The third-order valence-electron chi connectivity index (χ3n) is 0.987. The largest absolute Gasteiger partial charge is 0.481 e. The van der Waals surface area contributed by atoms with Crippen molar-refractivity contribution in [3.63, 3.8) is 0 Å². The van der Waals surface area contributed by atoms with E-state index in [0.717, 1.165) is 19.8 Å². The number of aliphatic hydroxyl groups excluding tert-OH is 1. The van der Waals surface area contributed by atoms with Crippen molar-refractivity contribution in [2.45, 2.75) is 25.9 Å². The van der Waals surface area contributed by atoms with Gasteiger partial charge in [-0.15, -0.1) is 0 Å². The first-order valence-corrected chi connectivity index (χ1v) is 3.17. The summed E-state index contributed by atoms with van der Waals surface area (Å²) in [5.41, 5.74) is 0. The van der Waals surface area contributed by atoms with Gasteiger partial charge < -0.3 is 10.2 Å². The fourth-order valence-corrected chi connectivity index (χ4v) is 0.617. The number of rotatable bonds is 0. The van der Waals surface area contributed by atoms with Crippen LogP contribution in [0, 0.1) is 0 Å². The molecule has 0 bridgehead atoms. The van der Waals surface area contributed by atoms with Crippen LogP contribution < -0.4 is 0 Å². The lowest BCUT2D eigenvalue weighted by atomic mass is 10.3. The van der Waals surface area contributed by atoms with Crippen LogP contribution in [0.2, 0.25) is 0 Å². The van der Waals surface area contributed by atoms with Crippen molar-refractivity contribution in [2.24, 2.45) is 0 Å². The molecule has 0 aliphatic heterocycles. The molecule has 0 amide bonds. The van der Waals surface area contributed by atoms with Crippen LogP contribution in [0.25, 0.3) is 0 Å². The van der Waals surface area contributed by atoms with Crippen LogP contribution in [0.3, 0.4) is 0 Å². The molecule has 58 valence electrons. The van der Waals surface area contributed by atoms with E-state index in [2.05, 4.69) is 0 Å². The Balaban J connectivity index is 0.000000180. The number of aliphatic carboxylic acids is 1. The van der Waals surface area contributed by atoms with E-state index in [4.69, 9.17) is 15.0 Å². The Bertz CT molecular complexity index is 125. The molecule has 0 fully saturated rings. The van der Waals surface area contributed by atoms with Crippen molar-refractivity contribution in [3.05, 3.63) is 12.2 Å². The lowest BCUT2D eigenvalue weighted by Gasteiger charge is -1.89. The van der Waals surface area contributed by atoms with Gasteiger partial charge in [-0.3, -0.25) is 4.79 Å². The van der Waals surface area contributed by atoms with Gasteiger partial charge in [0.05, 0.1) is 6.10 Å². The monoisotopic (exact) mass is 144 g/mol. The van der Waals surface area contributed by atoms with Crippen LogP contribution in [0.4, 0.5) is 0 Å². The summed E-state index contributed by atoms with van der Waals surface area (Å²) in [4.78, 5) is 9.00. The molecule has 0 heterocycles. The Morgan fingerprint density at radius 2 is 2.20 bits per heavy atom. The summed E-state index contributed by atoms with van der Waals surface area (Å²) in [7, 11) is 0. The zero-order valence-corrected chi connectivity index (χ0v) is 5.95. The molecule has 0 spiro atoms. The normalized spacial score (nSPS) is 21.6. The first-order valence-electron chi connectivity index (χ1n) is 3.17. The molecule has 1 aliphatic rings. The van der Waals surface area contributed by atoms with E-state index in [-0.39, 0.29) is 6.10 Å². The van der Waals surface area contributed by atoms with Crippen LogP contribution in [-0.4, -0.2) is 22.3 Å². The molecule has 1 aliphatic carbocycles. The summed E-state index contributed by atoms with van der Waals surface area (Å²) < 4.78 is 0. The van der Waals surface area contributed by atoms with Gasteiger partial charge in [0, 0.05) is 6.92 Å². The van der Waals surface area contributed by atoms with E-state index < -0.39 is 5.97 Å². The Morgan fingerprint density at radius 3 is 2.30 bits per heavy atom. The second-order valence-corrected chi connectivity index (χ2v) is 2.09. The third kappa shape index (κ3) is 7.17. The number of hydrogen-bond acceptors (Lipinski definition) is 2. The third-order valence-corrected chi connectivity index (χ3v) is 0.987. The number of carboxylic acid groups (broad SMARTS) is 1. The molecular formula is C7H12O3. The van der Waals surface area contributed by atoms with Crippen molar-refractivity contribution >= 4 is 5.97 Å². The minimum Gasteiger partial charge on any atom is -0.481 e. The Kier molecular flexibility index (Phi) is 4.58. The lowest BCUT2D eigenvalue weighted by molar-refractivity contribution is -0.134. The Hall–Kier alpha value is -0.830. The Labute approximate surface area is 60.0 Å². The van der Waals surface area contributed by atoms with Crippen molar-refractivity contribution < 1.29 is 15.0 Å². The van der Waals surface area contributed by atoms with Gasteiger partial charge in [-0.1, -0.05) is 12.2 Å². The summed E-state index contributed by atoms with van der Waals surface area (Å²) in [6, 6.07) is 0. The average molecular weight is 144 g/mol. The molecule has 10 heavy (non-hydrogen) atoms. The molecule has 0 radical (unpaired) electrons. The van der Waals surface area contributed by atoms with Crippen LogP contribution in [-0.2, 0) is 4.79 Å². The summed E-state index contributed by atoms with van der Waals surface area (Å²) >= 11 is 0. The maximum absolute atomic E-state index is 9.00. The minimum absolute atomic E-state index is 0.134. The molecule has 0 aromatic carbocycles. The van der Waals surface area contributed by atoms with Crippen molar-refractivity contribution in [1.82, 2.24) is 0 Å². The molecule has 3 nitrogen and oxygen atoms in total. The summed E-state index contributed by atoms with van der Waals surface area (Å²) in [6.45, 7) is 1.08. The first kappa shape index (κ1) is 9.17. The number of hydrogen-bond donors (Lipinski definition) is 2. The molecule has 0 aromatic rings. The topological polar surface area (TPSA) is 57.5 Å². The van der Waals surface area contributed by atoms with E-state index in [1.165, 1.54) is 0 Å². The summed E-state index contributed by atoms with van der Waals surface area (Å²) in [5.74, 6) is -0.833. The second kappa shape index (κ2) is 4.99. The van der Waals surface area contributed by atoms with Gasteiger partial charge in [0.2, 0.25) is 0 Å². The molecule has 3 heteroatoms. The smallest absolute Gasteiger partial charge is 0.300 e. The lowest BCUT2D eigenvalue weighted by Crippen LogP contribution is -1.93. The van der Waals surface area contributed by atoms with Crippen LogP contribution >= 0.6 is 0 Å². The first-order chi connectivity index (χ1) is 4.63. The van der Waals surface area contributed by atoms with Crippen molar-refractivity contribution in [2.75, 3.05) is 0 Å². The van der Waals surface area contributed by atoms with Crippen LogP contribution in [0.1, 0.15) is 19.8 Å². The highest BCUT2D eigenvalue weighted by Crippen LogP contribution is 2.06. The molecule has 0 unspecified atom stereocenters. The predicted octanol–water partition coefficient (Wildman–Crippen LogP) is 0.788. The van der Waals surface area contributed by atoms with Gasteiger partial charge in [-0.05, 0) is 12.8 Å². The standard InChI is InChI=1S/C5H8O.C2H4O2/c6-5-3-1-2-4-5;1-2(3)4/h1,3,5-6H,2,4H2;1H3,(H,3,4)/t5-;/m0./s1. The van der Waals surface area contributed by atoms with Crippen LogP contribution in [0.5, 0.6) is 0 Å². The summed E-state index contributed by atoms with van der Waals surface area (Å²) in [5, 5.41) is 16.1. The van der Waals surface area contributed by atoms with Crippen molar-refractivity contribution in [1.29, 1.82) is 0 Å². The van der Waals surface area contributed by atoms with E-state index in [9.17, 15) is 0 Å². The molecule has 2 N–H and O–H groups in total. The zero-order chi connectivity index (χ0) is 7.98. The van der Waals surface area contributed by atoms with Gasteiger partial charge in [-0.25, -0.2) is 0 Å². The quantitative estimate of drug-likeness (QED) is 0.494. The summed E-state index contributed by atoms with van der Waals surface area (Å²) in [6.07, 6.45) is 5.69. The molecule has 1 atom stereocenters. The molecule has 1 rings (SSSR count). The predicted molar refractivity (Wildman–Crippen MR) is 37.7 cm³/mol. The number of carbonyl (C=O) groups is 1. The molecule has 0 saturated carbocycles. The zero-order valence-electron chi connectivity index (χ0n) is 5.95. The van der Waals surface area contributed by atoms with E-state index in [1.54, 1.807) is 0 Å². The Morgan fingerprint density at radius 1 is 1.70 bits per heavy atom. The van der Waals surface area contributed by atoms with Gasteiger partial charge in [0.15, 0.2) is 0 Å². The van der Waals surface area contributed by atoms with E-state index in [1.807, 2.05) is 12.2 Å². The highest BCUT2D eigenvalue weighted by Gasteiger charge is 2.00. The molecular weight excluding hydrogens is 132 g/mol. The van der Waals surface area contributed by atoms with E-state index in [0.29, 0.717) is 0 Å². The second-order valence-electron chi connectivity index (χ2n) is 2.09. The average Bonchev–Trinajstić information content (AvgIpc) is 2.15. The highest BCUT2D eigenvalue weighted by molar-refractivity contribution is 5.62. The van der Waals surface area contributed by atoms with Crippen molar-refractivity contribution in [3.8, 4) is 0 Å². The van der Waals surface area contributed by atoms with Crippen LogP contribution in [0.15, 0.2) is 12.2 Å². The van der Waals surface area contributed by atoms with E-state index >= 15 is 0 Å². The van der Waals surface area contributed by atoms with Gasteiger partial charge in [-0.2, -0.15) is 0 Å². The number of allylic oxidation sites excluding steroid dienone is 1. The number of aliphatic hydroxyl groups is 1. The number of carboxylic acids is 1. The molecule has 0 aromatic heterocycles. The van der Waals surface area contributed by atoms with Gasteiger partial charge in [0.1, 0.15) is 0 Å². The SMILES string of the molecule is CC(=O)O.O[C@H]1C=CCC1. The maximum atomic E-state index is 9.00. The van der Waals surface area contributed by atoms with Gasteiger partial charge in [0.25, 0.3) is 5.97 Å². The van der Waals surface area contributed by atoms with Gasteiger partial charge >= 0.3 is 0 Å². The fourth-order valence-electron chi connectivity index (χ4n) is 0.617. The maximum Gasteiger partial charge on any atom is 0.300 e. The minimum atomic E-state index is -0.833. The molecule has 0 saturated heterocycles. The highest BCUT2D eigenvalue weighted by atomic mass is 16.4.